The van der Waals surface area contributed by atoms with Crippen LogP contribution in [0.25, 0.3) is 0 Å². The first-order valence-electron chi connectivity index (χ1n) is 10.3. The van der Waals surface area contributed by atoms with Crippen molar-refractivity contribution in [2.24, 2.45) is 0 Å². The molecular weight excluding hydrogens is 448 g/mol. The molecule has 0 aromatic heterocycles. The van der Waals surface area contributed by atoms with E-state index in [-0.39, 0.29) is 21.2 Å². The zero-order valence-corrected chi connectivity index (χ0v) is 19.2. The van der Waals surface area contributed by atoms with Gasteiger partial charge in [0.2, 0.25) is 0 Å². The lowest BCUT2D eigenvalue weighted by molar-refractivity contribution is 0.0697. The molecule has 2 N–H and O–H groups in total. The van der Waals surface area contributed by atoms with Crippen molar-refractivity contribution in [3.05, 3.63) is 88.9 Å². The van der Waals surface area contributed by atoms with Crippen LogP contribution in [0.3, 0.4) is 0 Å². The van der Waals surface area contributed by atoms with Crippen LogP contribution >= 0.6 is 11.6 Å². The van der Waals surface area contributed by atoms with Crippen molar-refractivity contribution in [1.29, 1.82) is 0 Å². The molecule has 0 aliphatic rings. The monoisotopic (exact) mass is 472 g/mol. The molecule has 0 spiro atoms. The fourth-order valence-corrected chi connectivity index (χ4v) is 4.91. The van der Waals surface area contributed by atoms with E-state index < -0.39 is 16.0 Å². The number of benzene rings is 3. The molecule has 0 amide bonds. The molecular formula is C24H25ClN2O4S. The number of carboxylic acids is 1. The van der Waals surface area contributed by atoms with E-state index in [2.05, 4.69) is 16.5 Å². The fourth-order valence-electron chi connectivity index (χ4n) is 3.33. The van der Waals surface area contributed by atoms with Crippen molar-refractivity contribution < 1.29 is 18.3 Å². The number of sulfonamides is 1. The van der Waals surface area contributed by atoms with Crippen LogP contribution in [0, 0.1) is 0 Å². The van der Waals surface area contributed by atoms with E-state index >= 15 is 0 Å². The number of carbonyl (C=O) groups is 1. The van der Waals surface area contributed by atoms with Crippen molar-refractivity contribution in [3.63, 3.8) is 0 Å². The van der Waals surface area contributed by atoms with E-state index in [0.717, 1.165) is 18.4 Å². The average molecular weight is 473 g/mol. The Bertz CT molecular complexity index is 1180. The van der Waals surface area contributed by atoms with Gasteiger partial charge in [0.15, 0.2) is 0 Å². The maximum Gasteiger partial charge on any atom is 0.335 e. The Morgan fingerprint density at radius 3 is 2.38 bits per heavy atom. The van der Waals surface area contributed by atoms with Gasteiger partial charge in [-0.2, -0.15) is 0 Å². The highest BCUT2D eigenvalue weighted by atomic mass is 35.5. The molecule has 168 valence electrons. The highest BCUT2D eigenvalue weighted by Crippen LogP contribution is 2.32. The summed E-state index contributed by atoms with van der Waals surface area (Å²) >= 11 is 6.11. The third-order valence-corrected chi connectivity index (χ3v) is 6.82. The number of unbranched alkanes of at least 4 members (excludes halogenated alkanes) is 1. The Morgan fingerprint density at radius 2 is 1.72 bits per heavy atom. The smallest absolute Gasteiger partial charge is 0.335 e. The predicted octanol–water partition coefficient (Wildman–Crippen LogP) is 5.65. The summed E-state index contributed by atoms with van der Waals surface area (Å²) in [5.74, 6) is -1.14. The van der Waals surface area contributed by atoms with Gasteiger partial charge in [0, 0.05) is 13.1 Å². The Hall–Kier alpha value is -3.03. The molecule has 6 nitrogen and oxygen atoms in total. The highest BCUT2D eigenvalue weighted by Gasteiger charge is 2.22. The fraction of sp³-hybridized carbons (Fsp3) is 0.208. The van der Waals surface area contributed by atoms with Crippen molar-refractivity contribution in [2.45, 2.75) is 31.2 Å². The molecule has 8 heteroatoms. The summed E-state index contributed by atoms with van der Waals surface area (Å²) in [5.41, 5.74) is 1.84. The number of halogens is 1. The number of aromatic carboxylic acids is 1. The number of nitrogens with zero attached hydrogens (tertiary/aromatic N) is 1. The van der Waals surface area contributed by atoms with Gasteiger partial charge in [0.25, 0.3) is 10.0 Å². The van der Waals surface area contributed by atoms with Crippen LogP contribution in [0.5, 0.6) is 0 Å². The van der Waals surface area contributed by atoms with Crippen LogP contribution in [-0.4, -0.2) is 26.0 Å². The topological polar surface area (TPSA) is 86.7 Å². The zero-order valence-electron chi connectivity index (χ0n) is 17.7. The van der Waals surface area contributed by atoms with Gasteiger partial charge in [0.05, 0.1) is 22.0 Å². The molecule has 0 saturated carbocycles. The maximum atomic E-state index is 13.1. The standard InChI is InChI=1S/C24H25ClN2O4S/c1-2-3-15-27(17-18-9-5-4-6-10-18)22-14-13-19(24(28)29)16-21(22)26-32(30,31)23-12-8-7-11-20(23)25/h4-14,16,26H,2-3,15,17H2,1H3,(H,28,29). The molecule has 3 rings (SSSR count). The van der Waals surface area contributed by atoms with Crippen molar-refractivity contribution >= 4 is 39.0 Å². The summed E-state index contributed by atoms with van der Waals surface area (Å²) in [5, 5.41) is 9.55. The molecule has 0 bridgehead atoms. The van der Waals surface area contributed by atoms with Crippen LogP contribution in [0.1, 0.15) is 35.7 Å². The van der Waals surface area contributed by atoms with E-state index in [1.165, 1.54) is 24.3 Å². The number of carboxylic acid groups (broad SMARTS) is 1. The van der Waals surface area contributed by atoms with Gasteiger partial charge < -0.3 is 10.0 Å². The molecule has 0 atom stereocenters. The van der Waals surface area contributed by atoms with Crippen LogP contribution in [0.2, 0.25) is 5.02 Å². The van der Waals surface area contributed by atoms with Gasteiger partial charge >= 0.3 is 5.97 Å². The normalized spacial score (nSPS) is 11.2. The Balaban J connectivity index is 2.06. The Kier molecular flexibility index (Phi) is 7.77. The minimum atomic E-state index is -4.04. The van der Waals surface area contributed by atoms with Crippen LogP contribution < -0.4 is 9.62 Å². The Morgan fingerprint density at radius 1 is 1.03 bits per heavy atom. The third kappa shape index (κ3) is 5.81. The molecule has 3 aromatic carbocycles. The van der Waals surface area contributed by atoms with Gasteiger partial charge in [-0.15, -0.1) is 0 Å². The van der Waals surface area contributed by atoms with E-state index in [0.29, 0.717) is 18.8 Å². The lowest BCUT2D eigenvalue weighted by Crippen LogP contribution is -2.26. The molecule has 0 aliphatic heterocycles. The first-order chi connectivity index (χ1) is 15.3. The quantitative estimate of drug-likeness (QED) is 0.398. The third-order valence-electron chi connectivity index (χ3n) is 4.95. The van der Waals surface area contributed by atoms with Gasteiger partial charge in [-0.25, -0.2) is 13.2 Å². The molecule has 0 fully saturated rings. The maximum absolute atomic E-state index is 13.1. The van der Waals surface area contributed by atoms with Crippen molar-refractivity contribution in [2.75, 3.05) is 16.2 Å². The summed E-state index contributed by atoms with van der Waals surface area (Å²) in [6.45, 7) is 3.31. The van der Waals surface area contributed by atoms with Gasteiger partial charge in [-0.3, -0.25) is 4.72 Å². The summed E-state index contributed by atoms with van der Waals surface area (Å²) in [6.07, 6.45) is 1.85. The molecule has 0 heterocycles. The molecule has 0 saturated heterocycles. The van der Waals surface area contributed by atoms with E-state index in [4.69, 9.17) is 11.6 Å². The minimum Gasteiger partial charge on any atom is -0.478 e. The van der Waals surface area contributed by atoms with Crippen molar-refractivity contribution in [1.82, 2.24) is 0 Å². The van der Waals surface area contributed by atoms with Crippen molar-refractivity contribution in [3.8, 4) is 0 Å². The van der Waals surface area contributed by atoms with Gasteiger partial charge in [-0.1, -0.05) is 67.4 Å². The average Bonchev–Trinajstić information content (AvgIpc) is 2.77. The number of rotatable bonds is 10. The lowest BCUT2D eigenvalue weighted by Gasteiger charge is -2.28. The minimum absolute atomic E-state index is 0.0132. The van der Waals surface area contributed by atoms with E-state index in [1.54, 1.807) is 18.2 Å². The number of hydrogen-bond acceptors (Lipinski definition) is 4. The summed E-state index contributed by atoms with van der Waals surface area (Å²) in [4.78, 5) is 13.6. The molecule has 0 aliphatic carbocycles. The highest BCUT2D eigenvalue weighted by molar-refractivity contribution is 7.92. The second-order valence-corrected chi connectivity index (χ2v) is 9.39. The van der Waals surface area contributed by atoms with Gasteiger partial charge in [0.1, 0.15) is 4.90 Å². The molecule has 0 unspecified atom stereocenters. The van der Waals surface area contributed by atoms with Crippen LogP contribution in [0.15, 0.2) is 77.7 Å². The first-order valence-corrected chi connectivity index (χ1v) is 12.1. The zero-order chi connectivity index (χ0) is 23.1. The second kappa shape index (κ2) is 10.5. The first kappa shape index (κ1) is 23.6. The summed E-state index contributed by atoms with van der Waals surface area (Å²) < 4.78 is 28.7. The number of hydrogen-bond donors (Lipinski definition) is 2. The summed E-state index contributed by atoms with van der Waals surface area (Å²) in [6, 6.07) is 20.4. The SMILES string of the molecule is CCCCN(Cc1ccccc1)c1ccc(C(=O)O)cc1NS(=O)(=O)c1ccccc1Cl. The Labute approximate surface area is 193 Å². The second-order valence-electron chi connectivity index (χ2n) is 7.33. The number of anilines is 2. The van der Waals surface area contributed by atoms with E-state index in [9.17, 15) is 18.3 Å². The largest absolute Gasteiger partial charge is 0.478 e. The number of nitrogens with one attached hydrogen (secondary N) is 1. The predicted molar refractivity (Wildman–Crippen MR) is 128 cm³/mol. The van der Waals surface area contributed by atoms with Crippen LogP contribution in [-0.2, 0) is 16.6 Å². The van der Waals surface area contributed by atoms with Gasteiger partial charge in [-0.05, 0) is 42.3 Å². The molecule has 0 radical (unpaired) electrons. The van der Waals surface area contributed by atoms with E-state index in [1.807, 2.05) is 30.3 Å². The lowest BCUT2D eigenvalue weighted by atomic mass is 10.1. The molecule has 32 heavy (non-hydrogen) atoms. The summed E-state index contributed by atoms with van der Waals surface area (Å²) in [7, 11) is -4.04. The van der Waals surface area contributed by atoms with Crippen LogP contribution in [0.4, 0.5) is 11.4 Å². The molecule has 3 aromatic rings.